The number of hydrogen-bond donors (Lipinski definition) is 2. The van der Waals surface area contributed by atoms with Crippen molar-refractivity contribution in [3.8, 4) is 0 Å². The van der Waals surface area contributed by atoms with Crippen LogP contribution in [0.3, 0.4) is 0 Å². The topological polar surface area (TPSA) is 59.8 Å². The third-order valence-corrected chi connectivity index (χ3v) is 4.25. The summed E-state index contributed by atoms with van der Waals surface area (Å²) in [6, 6.07) is 7.80. The number of nitrogens with one attached hydrogen (secondary N) is 2. The van der Waals surface area contributed by atoms with Crippen molar-refractivity contribution in [3.05, 3.63) is 29.8 Å². The number of aryl methyl sites for hydroxylation is 1. The van der Waals surface area contributed by atoms with Crippen molar-refractivity contribution in [1.82, 2.24) is 0 Å². The summed E-state index contributed by atoms with van der Waals surface area (Å²) in [4.78, 5) is 25.2. The Morgan fingerprint density at radius 1 is 1.39 bits per heavy atom. The normalized spacial score (nSPS) is 20.8. The monoisotopic (exact) mass is 319 g/mol. The van der Waals surface area contributed by atoms with E-state index in [4.69, 9.17) is 4.74 Å². The number of amides is 1. The Kier molecular flexibility index (Phi) is 6.59. The van der Waals surface area contributed by atoms with Gasteiger partial charge in [0.25, 0.3) is 0 Å². The summed E-state index contributed by atoms with van der Waals surface area (Å²) < 4.78 is 5.11. The van der Waals surface area contributed by atoms with Gasteiger partial charge in [-0.25, -0.2) is 0 Å². The van der Waals surface area contributed by atoms with Crippen molar-refractivity contribution < 1.29 is 19.2 Å². The van der Waals surface area contributed by atoms with Gasteiger partial charge in [0.05, 0.1) is 32.7 Å². The van der Waals surface area contributed by atoms with Crippen LogP contribution in [0.15, 0.2) is 24.3 Å². The fourth-order valence-electron chi connectivity index (χ4n) is 3.08. The van der Waals surface area contributed by atoms with Crippen LogP contribution in [0.5, 0.6) is 0 Å². The molecule has 1 aliphatic rings. The number of piperidine rings is 1. The Balaban J connectivity index is 1.76. The fourth-order valence-corrected chi connectivity index (χ4v) is 3.08. The minimum atomic E-state index is -0.0890. The lowest BCUT2D eigenvalue weighted by Crippen LogP contribution is -3.13. The molecule has 1 aliphatic heterocycles. The first-order valence-corrected chi connectivity index (χ1v) is 8.45. The smallest absolute Gasteiger partial charge is 0.314 e. The molecule has 23 heavy (non-hydrogen) atoms. The summed E-state index contributed by atoms with van der Waals surface area (Å²) in [5.74, 6) is -0.0752. The number of ether oxygens (including phenoxy) is 1. The molecule has 5 nitrogen and oxygen atoms in total. The fraction of sp³-hybridized carbons (Fsp3) is 0.556. The van der Waals surface area contributed by atoms with Crippen molar-refractivity contribution in [2.24, 2.45) is 5.92 Å². The highest BCUT2D eigenvalue weighted by atomic mass is 16.5. The van der Waals surface area contributed by atoms with E-state index in [2.05, 4.69) is 5.32 Å². The van der Waals surface area contributed by atoms with E-state index < -0.39 is 0 Å². The predicted octanol–water partition coefficient (Wildman–Crippen LogP) is 1.18. The molecule has 0 radical (unpaired) electrons. The molecule has 1 aromatic carbocycles. The molecule has 1 aromatic rings. The number of carbonyl (C=O) groups is 2. The van der Waals surface area contributed by atoms with Crippen LogP contribution >= 0.6 is 0 Å². The van der Waals surface area contributed by atoms with Gasteiger partial charge < -0.3 is 15.0 Å². The van der Waals surface area contributed by atoms with Crippen LogP contribution in [0.2, 0.25) is 0 Å². The zero-order valence-corrected chi connectivity index (χ0v) is 14.1. The standard InChI is InChI=1S/C18H26N2O3/c1-3-23-18(22)15-7-5-10-20(13-15)11-9-17(21)19-16-8-4-6-14(2)12-16/h4,6,8,12,15H,3,5,7,9-11,13H2,1-2H3,(H,19,21)/p+1/t15-/m0/s1. The minimum absolute atomic E-state index is 0.0152. The highest BCUT2D eigenvalue weighted by molar-refractivity contribution is 5.90. The van der Waals surface area contributed by atoms with Gasteiger partial charge in [-0.05, 0) is 44.4 Å². The molecular weight excluding hydrogens is 292 g/mol. The number of carbonyl (C=O) groups excluding carboxylic acids is 2. The predicted molar refractivity (Wildman–Crippen MR) is 89.3 cm³/mol. The van der Waals surface area contributed by atoms with Crippen LogP contribution in [0.4, 0.5) is 5.69 Å². The average molecular weight is 319 g/mol. The van der Waals surface area contributed by atoms with Gasteiger partial charge in [0.2, 0.25) is 5.91 Å². The van der Waals surface area contributed by atoms with Crippen molar-refractivity contribution in [2.45, 2.75) is 33.1 Å². The van der Waals surface area contributed by atoms with Crippen LogP contribution in [-0.2, 0) is 14.3 Å². The van der Waals surface area contributed by atoms with Crippen molar-refractivity contribution in [3.63, 3.8) is 0 Å². The first-order valence-electron chi connectivity index (χ1n) is 8.45. The van der Waals surface area contributed by atoms with Gasteiger partial charge in [-0.3, -0.25) is 9.59 Å². The molecule has 1 fully saturated rings. The van der Waals surface area contributed by atoms with Gasteiger partial charge in [-0.1, -0.05) is 12.1 Å². The van der Waals surface area contributed by atoms with E-state index in [1.807, 2.05) is 38.1 Å². The van der Waals surface area contributed by atoms with Gasteiger partial charge in [-0.2, -0.15) is 0 Å². The van der Waals surface area contributed by atoms with Gasteiger partial charge in [0.1, 0.15) is 5.92 Å². The number of likely N-dealkylation sites (tertiary alicyclic amines) is 1. The highest BCUT2D eigenvalue weighted by Gasteiger charge is 2.29. The lowest BCUT2D eigenvalue weighted by atomic mass is 9.98. The summed E-state index contributed by atoms with van der Waals surface area (Å²) in [5, 5.41) is 2.93. The highest BCUT2D eigenvalue weighted by Crippen LogP contribution is 2.11. The second kappa shape index (κ2) is 8.67. The van der Waals surface area contributed by atoms with E-state index in [0.29, 0.717) is 13.0 Å². The molecule has 0 spiro atoms. The lowest BCUT2D eigenvalue weighted by Gasteiger charge is -2.28. The average Bonchev–Trinajstić information content (AvgIpc) is 2.53. The Morgan fingerprint density at radius 2 is 2.22 bits per heavy atom. The molecule has 0 bridgehead atoms. The maximum Gasteiger partial charge on any atom is 0.314 e. The Morgan fingerprint density at radius 3 is 2.96 bits per heavy atom. The van der Waals surface area contributed by atoms with E-state index in [-0.39, 0.29) is 17.8 Å². The van der Waals surface area contributed by atoms with Crippen molar-refractivity contribution in [1.29, 1.82) is 0 Å². The van der Waals surface area contributed by atoms with Gasteiger partial charge >= 0.3 is 5.97 Å². The van der Waals surface area contributed by atoms with Gasteiger partial charge in [0.15, 0.2) is 0 Å². The summed E-state index contributed by atoms with van der Waals surface area (Å²) in [6.45, 7) is 6.82. The molecule has 2 N–H and O–H groups in total. The summed E-state index contributed by atoms with van der Waals surface area (Å²) >= 11 is 0. The van der Waals surface area contributed by atoms with Crippen LogP contribution in [0, 0.1) is 12.8 Å². The Bertz CT molecular complexity index is 545. The van der Waals surface area contributed by atoms with Crippen LogP contribution in [0.1, 0.15) is 31.7 Å². The van der Waals surface area contributed by atoms with E-state index in [0.717, 1.165) is 43.7 Å². The quantitative estimate of drug-likeness (QED) is 0.774. The molecule has 0 aromatic heterocycles. The number of rotatable bonds is 6. The van der Waals surface area contributed by atoms with Crippen molar-refractivity contribution >= 4 is 17.6 Å². The molecule has 5 heteroatoms. The molecule has 126 valence electrons. The second-order valence-electron chi connectivity index (χ2n) is 6.21. The number of esters is 1. The molecule has 1 unspecified atom stereocenters. The van der Waals surface area contributed by atoms with Gasteiger partial charge in [0, 0.05) is 5.69 Å². The molecule has 2 rings (SSSR count). The summed E-state index contributed by atoms with van der Waals surface area (Å²) in [6.07, 6.45) is 2.38. The summed E-state index contributed by atoms with van der Waals surface area (Å²) in [5.41, 5.74) is 1.97. The van der Waals surface area contributed by atoms with Crippen molar-refractivity contribution in [2.75, 3.05) is 31.6 Å². The molecule has 2 atom stereocenters. The van der Waals surface area contributed by atoms with Gasteiger partial charge in [-0.15, -0.1) is 0 Å². The van der Waals surface area contributed by atoms with E-state index in [1.165, 1.54) is 4.90 Å². The Hall–Kier alpha value is -1.88. The zero-order valence-electron chi connectivity index (χ0n) is 14.1. The van der Waals surface area contributed by atoms with Crippen LogP contribution in [0.25, 0.3) is 0 Å². The zero-order chi connectivity index (χ0) is 16.7. The lowest BCUT2D eigenvalue weighted by molar-refractivity contribution is -0.906. The van der Waals surface area contributed by atoms with Crippen LogP contribution in [-0.4, -0.2) is 38.1 Å². The number of quaternary nitrogens is 1. The molecule has 1 saturated heterocycles. The number of benzene rings is 1. The second-order valence-corrected chi connectivity index (χ2v) is 6.21. The molecular formula is C18H27N2O3+. The third kappa shape index (κ3) is 5.67. The summed E-state index contributed by atoms with van der Waals surface area (Å²) in [7, 11) is 0. The minimum Gasteiger partial charge on any atom is -0.466 e. The van der Waals surface area contributed by atoms with Crippen LogP contribution < -0.4 is 10.2 Å². The molecule has 1 amide bonds. The molecule has 0 saturated carbocycles. The maximum absolute atomic E-state index is 12.1. The molecule has 0 aliphatic carbocycles. The Labute approximate surface area is 138 Å². The van der Waals surface area contributed by atoms with E-state index >= 15 is 0 Å². The maximum atomic E-state index is 12.1. The largest absolute Gasteiger partial charge is 0.466 e. The third-order valence-electron chi connectivity index (χ3n) is 4.25. The number of anilines is 1. The van der Waals surface area contributed by atoms with E-state index in [9.17, 15) is 9.59 Å². The molecule has 1 heterocycles. The first kappa shape index (κ1) is 17.5. The SMILES string of the molecule is CCOC(=O)[C@H]1CCC[NH+](CCC(=O)Nc2cccc(C)c2)C1. The number of hydrogen-bond acceptors (Lipinski definition) is 3. The first-order chi connectivity index (χ1) is 11.1. The van der Waals surface area contributed by atoms with E-state index in [1.54, 1.807) is 0 Å².